The molecule has 3 aliphatic rings. The molecule has 0 saturated heterocycles. The molecule has 0 fully saturated rings. The number of esters is 2. The number of rotatable bonds is 19. The van der Waals surface area contributed by atoms with Gasteiger partial charge in [-0.05, 0) is 34.4 Å². The maximum absolute atomic E-state index is 14.6. The van der Waals surface area contributed by atoms with Gasteiger partial charge >= 0.3 is 17.9 Å². The van der Waals surface area contributed by atoms with E-state index in [0.29, 0.717) is 27.9 Å². The van der Waals surface area contributed by atoms with Crippen molar-refractivity contribution in [1.29, 1.82) is 0 Å². The van der Waals surface area contributed by atoms with Crippen LogP contribution in [0.4, 0.5) is 5.69 Å². The van der Waals surface area contributed by atoms with Gasteiger partial charge in [-0.3, -0.25) is 9.59 Å². The van der Waals surface area contributed by atoms with Crippen LogP contribution in [-0.2, 0) is 58.8 Å². The van der Waals surface area contributed by atoms with Gasteiger partial charge in [-0.2, -0.15) is 0 Å². The molecule has 1 amide bonds. The van der Waals surface area contributed by atoms with Crippen LogP contribution in [0, 0.1) is 11.8 Å². The number of nitrogens with one attached hydrogen (secondary N) is 1. The Kier molecular flexibility index (Phi) is 11.9. The Hall–Kier alpha value is -5.14. The lowest BCUT2D eigenvalue weighted by Crippen LogP contribution is -2.67. The summed E-state index contributed by atoms with van der Waals surface area (Å²) < 4.78 is 34.7. The number of carbonyl (C=O) groups is 4. The van der Waals surface area contributed by atoms with E-state index < -0.39 is 46.9 Å². The number of anilines is 1. The highest BCUT2D eigenvalue weighted by atomic mass is 16.6. The quantitative estimate of drug-likeness (QED) is 0.107. The third-order valence-corrected chi connectivity index (χ3v) is 8.65. The van der Waals surface area contributed by atoms with Crippen LogP contribution in [0.2, 0.25) is 0 Å². The van der Waals surface area contributed by atoms with E-state index in [4.69, 9.17) is 28.4 Å². The molecule has 0 radical (unpaired) electrons. The zero-order chi connectivity index (χ0) is 35.6. The van der Waals surface area contributed by atoms with Crippen LogP contribution in [0.3, 0.4) is 0 Å². The predicted molar refractivity (Wildman–Crippen MR) is 180 cm³/mol. The first-order valence-electron chi connectivity index (χ1n) is 16.1. The highest BCUT2D eigenvalue weighted by Crippen LogP contribution is 2.65. The molecule has 12 nitrogen and oxygen atoms in total. The standard InChI is InChI=1S/C38H39NO11/c1-3-31(40)47-22-18-45-20-24-49-37-27-14-8-10-16-29(27)38(30-17-11-9-15-28(30)37,50-25-21-46-19-23-48-32(41)4-2)34(36(43)44)33(37)35(42)39-26-12-6-5-7-13-26/h3-17,33-34H,1-2,18-25H2,(H,39,42)(H,43,44). The molecule has 6 rings (SSSR count). The van der Waals surface area contributed by atoms with E-state index in [-0.39, 0.29) is 52.9 Å². The van der Waals surface area contributed by atoms with Gasteiger partial charge in [-0.1, -0.05) is 79.9 Å². The molecule has 3 aliphatic carbocycles. The van der Waals surface area contributed by atoms with E-state index in [9.17, 15) is 24.3 Å². The van der Waals surface area contributed by atoms with Crippen molar-refractivity contribution in [3.63, 3.8) is 0 Å². The van der Waals surface area contributed by atoms with Gasteiger partial charge in [-0.15, -0.1) is 0 Å². The molecular formula is C38H39NO11. The first-order valence-corrected chi connectivity index (χ1v) is 16.1. The van der Waals surface area contributed by atoms with Gasteiger partial charge in [0.1, 0.15) is 30.3 Å². The molecule has 2 N–H and O–H groups in total. The van der Waals surface area contributed by atoms with Crippen molar-refractivity contribution < 1.29 is 52.7 Å². The third-order valence-electron chi connectivity index (χ3n) is 8.65. The molecule has 0 aromatic heterocycles. The van der Waals surface area contributed by atoms with E-state index >= 15 is 0 Å². The van der Waals surface area contributed by atoms with Crippen molar-refractivity contribution in [2.75, 3.05) is 58.2 Å². The lowest BCUT2D eigenvalue weighted by molar-refractivity contribution is -0.200. The molecule has 0 saturated carbocycles. The first kappa shape index (κ1) is 36.1. The van der Waals surface area contributed by atoms with Crippen molar-refractivity contribution in [2.24, 2.45) is 11.8 Å². The zero-order valence-electron chi connectivity index (χ0n) is 27.4. The Morgan fingerprint density at radius 2 is 1.00 bits per heavy atom. The second-order valence-corrected chi connectivity index (χ2v) is 11.4. The number of carbonyl (C=O) groups excluding carboxylic acids is 3. The second kappa shape index (κ2) is 16.5. The van der Waals surface area contributed by atoms with Crippen molar-refractivity contribution >= 4 is 29.5 Å². The first-order chi connectivity index (χ1) is 24.3. The molecule has 2 atom stereocenters. The predicted octanol–water partition coefficient (Wildman–Crippen LogP) is 3.98. The molecule has 2 unspecified atom stereocenters. The maximum Gasteiger partial charge on any atom is 0.330 e. The number of hydrogen-bond acceptors (Lipinski definition) is 10. The highest BCUT2D eigenvalue weighted by Gasteiger charge is 2.71. The average Bonchev–Trinajstić information content (AvgIpc) is 3.14. The molecule has 3 aromatic rings. The molecule has 0 heterocycles. The zero-order valence-corrected chi connectivity index (χ0v) is 27.4. The monoisotopic (exact) mass is 685 g/mol. The van der Waals surface area contributed by atoms with Gasteiger partial charge in [0.25, 0.3) is 0 Å². The summed E-state index contributed by atoms with van der Waals surface area (Å²) in [6, 6.07) is 23.2. The van der Waals surface area contributed by atoms with Gasteiger partial charge in [0, 0.05) is 17.8 Å². The van der Waals surface area contributed by atoms with Crippen LogP contribution in [0.5, 0.6) is 0 Å². The molecule has 262 valence electrons. The van der Waals surface area contributed by atoms with Crippen LogP contribution in [-0.4, -0.2) is 81.8 Å². The van der Waals surface area contributed by atoms with E-state index in [2.05, 4.69) is 18.5 Å². The maximum atomic E-state index is 14.6. The van der Waals surface area contributed by atoms with E-state index in [0.717, 1.165) is 12.2 Å². The van der Waals surface area contributed by atoms with Crippen molar-refractivity contribution in [1.82, 2.24) is 0 Å². The lowest BCUT2D eigenvalue weighted by atomic mass is 9.49. The number of amides is 1. The summed E-state index contributed by atoms with van der Waals surface area (Å²) >= 11 is 0. The topological polar surface area (TPSA) is 156 Å². The Bertz CT molecular complexity index is 1660. The van der Waals surface area contributed by atoms with Gasteiger partial charge < -0.3 is 38.8 Å². The van der Waals surface area contributed by atoms with Gasteiger partial charge in [0.15, 0.2) is 0 Å². The Balaban J connectivity index is 1.53. The van der Waals surface area contributed by atoms with E-state index in [1.165, 1.54) is 0 Å². The van der Waals surface area contributed by atoms with Gasteiger partial charge in [-0.25, -0.2) is 9.59 Å². The Labute approximate surface area is 289 Å². The summed E-state index contributed by atoms with van der Waals surface area (Å²) in [6.07, 6.45) is 2.11. The average molecular weight is 686 g/mol. The van der Waals surface area contributed by atoms with Gasteiger partial charge in [0.05, 0.1) is 45.6 Å². The molecule has 3 aromatic carbocycles. The van der Waals surface area contributed by atoms with Crippen molar-refractivity contribution in [3.8, 4) is 0 Å². The van der Waals surface area contributed by atoms with Crippen molar-refractivity contribution in [3.05, 3.63) is 126 Å². The van der Waals surface area contributed by atoms with Crippen LogP contribution in [0.1, 0.15) is 22.3 Å². The van der Waals surface area contributed by atoms with Crippen LogP contribution >= 0.6 is 0 Å². The summed E-state index contributed by atoms with van der Waals surface area (Å²) in [5.41, 5.74) is -0.433. The number of hydrogen-bond donors (Lipinski definition) is 2. The summed E-state index contributed by atoms with van der Waals surface area (Å²) in [6.45, 7) is 6.95. The van der Waals surface area contributed by atoms with Gasteiger partial charge in [0.2, 0.25) is 5.91 Å². The smallest absolute Gasteiger partial charge is 0.330 e. The van der Waals surface area contributed by atoms with E-state index in [1.807, 2.05) is 18.2 Å². The Morgan fingerprint density at radius 1 is 0.600 bits per heavy atom. The SMILES string of the molecule is C=CC(=O)OCCOCCOC12c3ccccc3C(OCCOCCOC(=O)C=C)(c3ccccc31)C(C(=O)Nc1ccccc1)C2C(=O)O. The molecule has 0 spiro atoms. The van der Waals surface area contributed by atoms with E-state index in [1.54, 1.807) is 60.7 Å². The third kappa shape index (κ3) is 7.10. The minimum atomic E-state index is -1.62. The van der Waals surface area contributed by atoms with Crippen LogP contribution in [0.15, 0.2) is 104 Å². The molecule has 12 heteroatoms. The lowest BCUT2D eigenvalue weighted by Gasteiger charge is -2.60. The number of aliphatic carboxylic acids is 1. The summed E-state index contributed by atoms with van der Waals surface area (Å²) in [4.78, 5) is 50.9. The Morgan fingerprint density at radius 3 is 1.42 bits per heavy atom. The minimum Gasteiger partial charge on any atom is -0.481 e. The highest BCUT2D eigenvalue weighted by molar-refractivity contribution is 5.99. The molecule has 0 aliphatic heterocycles. The minimum absolute atomic E-state index is 0.00465. The fraction of sp³-hybridized carbons (Fsp3) is 0.316. The number of carboxylic acids is 1. The molecular weight excluding hydrogens is 646 g/mol. The summed E-state index contributed by atoms with van der Waals surface area (Å²) in [7, 11) is 0. The summed E-state index contributed by atoms with van der Waals surface area (Å²) in [5, 5.41) is 14.0. The van der Waals surface area contributed by atoms with Crippen LogP contribution < -0.4 is 5.32 Å². The number of benzene rings is 3. The number of carboxylic acid groups (broad SMARTS) is 1. The number of fused-ring (bicyclic) bond motifs is 1. The number of ether oxygens (including phenoxy) is 6. The normalized spacial score (nSPS) is 21.3. The van der Waals surface area contributed by atoms with Crippen LogP contribution in [0.25, 0.3) is 0 Å². The molecule has 2 bridgehead atoms. The largest absolute Gasteiger partial charge is 0.481 e. The molecule has 50 heavy (non-hydrogen) atoms. The fourth-order valence-corrected chi connectivity index (χ4v) is 6.82. The summed E-state index contributed by atoms with van der Waals surface area (Å²) in [5.74, 6) is -5.75. The fourth-order valence-electron chi connectivity index (χ4n) is 6.82. The number of para-hydroxylation sites is 1. The van der Waals surface area contributed by atoms with Crippen molar-refractivity contribution in [2.45, 2.75) is 11.2 Å². The second-order valence-electron chi connectivity index (χ2n) is 11.4.